The third-order valence-corrected chi connectivity index (χ3v) is 4.23. The van der Waals surface area contributed by atoms with Crippen LogP contribution < -0.4 is 10.6 Å². The molecule has 140 valence electrons. The van der Waals surface area contributed by atoms with Crippen LogP contribution in [0.2, 0.25) is 10.0 Å². The third kappa shape index (κ3) is 4.37. The van der Waals surface area contributed by atoms with Crippen molar-refractivity contribution in [2.75, 3.05) is 10.6 Å². The van der Waals surface area contributed by atoms with Crippen molar-refractivity contribution in [3.8, 4) is 0 Å². The van der Waals surface area contributed by atoms with E-state index in [1.807, 2.05) is 0 Å². The summed E-state index contributed by atoms with van der Waals surface area (Å²) in [5, 5.41) is 10.3. The summed E-state index contributed by atoms with van der Waals surface area (Å²) < 4.78 is 27.4. The van der Waals surface area contributed by atoms with Gasteiger partial charge in [-0.3, -0.25) is 9.48 Å². The molecule has 0 saturated heterocycles. The van der Waals surface area contributed by atoms with Crippen LogP contribution >= 0.6 is 23.2 Å². The topological polar surface area (TPSA) is 59.0 Å². The Morgan fingerprint density at radius 1 is 1.11 bits per heavy atom. The van der Waals surface area contributed by atoms with Crippen molar-refractivity contribution in [1.29, 1.82) is 0 Å². The molecule has 0 unspecified atom stereocenters. The predicted molar refractivity (Wildman–Crippen MR) is 102 cm³/mol. The van der Waals surface area contributed by atoms with Gasteiger partial charge in [0, 0.05) is 18.3 Å². The molecule has 9 heteroatoms. The van der Waals surface area contributed by atoms with E-state index in [1.165, 1.54) is 17.9 Å². The molecular weight excluding hydrogens is 397 g/mol. The molecule has 0 aliphatic carbocycles. The number of aromatic nitrogens is 2. The first-order valence-corrected chi connectivity index (χ1v) is 8.55. The first kappa shape index (κ1) is 19.1. The van der Waals surface area contributed by atoms with Crippen molar-refractivity contribution in [3.63, 3.8) is 0 Å². The number of hydrogen-bond acceptors (Lipinski definition) is 3. The minimum Gasteiger partial charge on any atom is -0.353 e. The van der Waals surface area contributed by atoms with Gasteiger partial charge >= 0.3 is 0 Å². The Hall–Kier alpha value is -2.64. The van der Waals surface area contributed by atoms with E-state index in [1.54, 1.807) is 42.5 Å². The van der Waals surface area contributed by atoms with Crippen LogP contribution in [0.3, 0.4) is 0 Å². The summed E-state index contributed by atoms with van der Waals surface area (Å²) in [7, 11) is 1.47. The van der Waals surface area contributed by atoms with Crippen molar-refractivity contribution < 1.29 is 13.6 Å². The van der Waals surface area contributed by atoms with E-state index in [-0.39, 0.29) is 5.56 Å². The predicted octanol–water partition coefficient (Wildman–Crippen LogP) is 5.66. The molecule has 0 bridgehead atoms. The van der Waals surface area contributed by atoms with Crippen molar-refractivity contribution >= 4 is 46.2 Å². The van der Waals surface area contributed by atoms with Crippen LogP contribution in [0.25, 0.3) is 0 Å². The van der Waals surface area contributed by atoms with E-state index >= 15 is 0 Å². The number of nitrogens with one attached hydrogen (secondary N) is 2. The van der Waals surface area contributed by atoms with Gasteiger partial charge in [-0.25, -0.2) is 8.78 Å². The lowest BCUT2D eigenvalue weighted by Gasteiger charge is -2.14. The highest BCUT2D eigenvalue weighted by Gasteiger charge is 2.23. The third-order valence-electron chi connectivity index (χ3n) is 3.68. The molecule has 1 aromatic heterocycles. The van der Waals surface area contributed by atoms with Gasteiger partial charge in [-0.05, 0) is 30.3 Å². The molecule has 0 radical (unpaired) electrons. The van der Waals surface area contributed by atoms with Gasteiger partial charge < -0.3 is 10.6 Å². The lowest BCUT2D eigenvalue weighted by Crippen LogP contribution is -2.14. The normalized spacial score (nSPS) is 10.9. The molecule has 3 rings (SSSR count). The Bertz CT molecular complexity index is 991. The molecule has 0 aliphatic rings. The van der Waals surface area contributed by atoms with E-state index in [9.17, 15) is 13.6 Å². The van der Waals surface area contributed by atoms with Crippen LogP contribution in [0.1, 0.15) is 22.5 Å². The molecule has 2 aromatic carbocycles. The lowest BCUT2D eigenvalue weighted by molar-refractivity contribution is 0.101. The van der Waals surface area contributed by atoms with Crippen molar-refractivity contribution in [1.82, 2.24) is 9.78 Å². The van der Waals surface area contributed by atoms with Crippen LogP contribution in [0.4, 0.5) is 25.8 Å². The van der Waals surface area contributed by atoms with Gasteiger partial charge in [-0.15, -0.1) is 0 Å². The molecule has 0 saturated carbocycles. The number of para-hydroxylation sites is 2. The zero-order valence-electron chi connectivity index (χ0n) is 14.0. The average Bonchev–Trinajstić information content (AvgIpc) is 3.01. The van der Waals surface area contributed by atoms with Crippen molar-refractivity contribution in [2.45, 2.75) is 6.43 Å². The highest BCUT2D eigenvalue weighted by molar-refractivity contribution is 6.36. The minimum atomic E-state index is -2.85. The summed E-state index contributed by atoms with van der Waals surface area (Å²) in [6, 6.07) is 11.8. The fourth-order valence-electron chi connectivity index (χ4n) is 2.47. The lowest BCUT2D eigenvalue weighted by atomic mass is 10.2. The van der Waals surface area contributed by atoms with Gasteiger partial charge in [-0.1, -0.05) is 35.3 Å². The summed E-state index contributed by atoms with van der Waals surface area (Å²) in [5.41, 5.74) is 0.764. The zero-order chi connectivity index (χ0) is 19.6. The molecule has 0 fully saturated rings. The number of carbonyl (C=O) groups is 1. The molecule has 3 aromatic rings. The quantitative estimate of drug-likeness (QED) is 0.570. The second kappa shape index (κ2) is 7.94. The zero-order valence-corrected chi connectivity index (χ0v) is 15.5. The maximum atomic E-state index is 13.1. The fourth-order valence-corrected chi connectivity index (χ4v) is 2.92. The summed E-state index contributed by atoms with van der Waals surface area (Å²) >= 11 is 12.1. The van der Waals surface area contributed by atoms with Gasteiger partial charge in [0.05, 0.1) is 27.6 Å². The summed E-state index contributed by atoms with van der Waals surface area (Å²) in [4.78, 5) is 12.5. The Balaban J connectivity index is 1.87. The molecular formula is C18H14Cl2F2N4O. The minimum absolute atomic E-state index is 0.188. The van der Waals surface area contributed by atoms with E-state index in [4.69, 9.17) is 23.2 Å². The number of hydrogen-bond donors (Lipinski definition) is 2. The van der Waals surface area contributed by atoms with E-state index in [0.717, 1.165) is 0 Å². The monoisotopic (exact) mass is 410 g/mol. The number of nitrogens with zero attached hydrogens (tertiary/aromatic N) is 2. The molecule has 1 amide bonds. The second-order valence-electron chi connectivity index (χ2n) is 5.65. The Morgan fingerprint density at radius 2 is 1.81 bits per heavy atom. The fraction of sp³-hybridized carbons (Fsp3) is 0.111. The largest absolute Gasteiger partial charge is 0.353 e. The SMILES string of the molecule is Cn1cc(C(=O)Nc2ccccc2Nc2ccc(Cl)cc2Cl)c(C(F)F)n1. The number of aryl methyl sites for hydroxylation is 1. The number of amides is 1. The average molecular weight is 411 g/mol. The van der Waals surface area contributed by atoms with Crippen molar-refractivity contribution in [2.24, 2.45) is 7.05 Å². The number of halogens is 4. The molecule has 2 N–H and O–H groups in total. The standard InChI is InChI=1S/C18H14Cl2F2N4O/c1-26-9-11(16(25-26)17(21)22)18(27)24-15-5-3-2-4-14(15)23-13-7-6-10(19)8-12(13)20/h2-9,17,23H,1H3,(H,24,27). The van der Waals surface area contributed by atoms with Gasteiger partial charge in [-0.2, -0.15) is 5.10 Å². The summed E-state index contributed by atoms with van der Waals surface area (Å²) in [6.07, 6.45) is -1.60. The molecule has 0 atom stereocenters. The number of benzene rings is 2. The summed E-state index contributed by atoms with van der Waals surface area (Å²) in [5.74, 6) is -0.685. The molecule has 0 aliphatic heterocycles. The highest BCUT2D eigenvalue weighted by atomic mass is 35.5. The summed E-state index contributed by atoms with van der Waals surface area (Å²) in [6.45, 7) is 0. The highest BCUT2D eigenvalue weighted by Crippen LogP contribution is 2.32. The van der Waals surface area contributed by atoms with E-state index in [2.05, 4.69) is 15.7 Å². The molecule has 0 spiro atoms. The van der Waals surface area contributed by atoms with E-state index < -0.39 is 18.0 Å². The number of rotatable bonds is 5. The van der Waals surface area contributed by atoms with E-state index in [0.29, 0.717) is 27.1 Å². The van der Waals surface area contributed by atoms with Crippen LogP contribution in [0.5, 0.6) is 0 Å². The number of alkyl halides is 2. The van der Waals surface area contributed by atoms with Crippen LogP contribution in [0, 0.1) is 0 Å². The smallest absolute Gasteiger partial charge is 0.282 e. The maximum Gasteiger partial charge on any atom is 0.282 e. The van der Waals surface area contributed by atoms with Crippen LogP contribution in [0.15, 0.2) is 48.7 Å². The Morgan fingerprint density at radius 3 is 2.48 bits per heavy atom. The first-order valence-electron chi connectivity index (χ1n) is 7.79. The Labute approximate surface area is 163 Å². The van der Waals surface area contributed by atoms with Crippen LogP contribution in [-0.4, -0.2) is 15.7 Å². The molecule has 5 nitrogen and oxygen atoms in total. The second-order valence-corrected chi connectivity index (χ2v) is 6.49. The van der Waals surface area contributed by atoms with Crippen molar-refractivity contribution in [3.05, 3.63) is 70.0 Å². The number of carbonyl (C=O) groups excluding carboxylic acids is 1. The van der Waals surface area contributed by atoms with Gasteiger partial charge in [0.25, 0.3) is 12.3 Å². The van der Waals surface area contributed by atoms with Crippen LogP contribution in [-0.2, 0) is 7.05 Å². The number of anilines is 3. The van der Waals surface area contributed by atoms with Gasteiger partial charge in [0.1, 0.15) is 5.69 Å². The van der Waals surface area contributed by atoms with Gasteiger partial charge in [0.15, 0.2) is 0 Å². The molecule has 27 heavy (non-hydrogen) atoms. The van der Waals surface area contributed by atoms with Gasteiger partial charge in [0.2, 0.25) is 0 Å². The maximum absolute atomic E-state index is 13.1. The Kier molecular flexibility index (Phi) is 5.62. The molecule has 1 heterocycles. The first-order chi connectivity index (χ1) is 12.8.